The predicted molar refractivity (Wildman–Crippen MR) is 38.8 cm³/mol. The van der Waals surface area contributed by atoms with E-state index < -0.39 is 0 Å². The third-order valence-electron chi connectivity index (χ3n) is 1.30. The minimum atomic E-state index is 0.797. The van der Waals surface area contributed by atoms with Gasteiger partial charge in [0.25, 0.3) is 5.17 Å². The maximum absolute atomic E-state index is 5.79. The van der Waals surface area contributed by atoms with Crippen molar-refractivity contribution in [3.8, 4) is 0 Å². The summed E-state index contributed by atoms with van der Waals surface area (Å²) in [4.78, 5) is 0. The topological polar surface area (TPSA) is 15.0 Å². The van der Waals surface area contributed by atoms with Gasteiger partial charge in [-0.1, -0.05) is 0 Å². The molecular formula is C6H10ClN2+. The molecule has 0 spiro atoms. The Morgan fingerprint density at radius 2 is 2.44 bits per heavy atom. The van der Waals surface area contributed by atoms with Crippen molar-refractivity contribution in [2.75, 3.05) is 13.7 Å². The van der Waals surface area contributed by atoms with Crippen LogP contribution in [0, 0.1) is 0 Å². The van der Waals surface area contributed by atoms with Gasteiger partial charge >= 0.3 is 0 Å². The van der Waals surface area contributed by atoms with Crippen molar-refractivity contribution in [1.82, 2.24) is 5.32 Å². The average molecular weight is 146 g/mol. The van der Waals surface area contributed by atoms with Crippen LogP contribution in [0.4, 0.5) is 0 Å². The van der Waals surface area contributed by atoms with Gasteiger partial charge < -0.3 is 5.32 Å². The summed E-state index contributed by atoms with van der Waals surface area (Å²) >= 11 is 5.79. The van der Waals surface area contributed by atoms with Crippen LogP contribution in [0.2, 0.25) is 0 Å². The minimum absolute atomic E-state index is 0.797. The van der Waals surface area contributed by atoms with E-state index in [4.69, 9.17) is 11.6 Å². The first-order valence-corrected chi connectivity index (χ1v) is 3.23. The van der Waals surface area contributed by atoms with Crippen LogP contribution in [-0.2, 0) is 0 Å². The lowest BCUT2D eigenvalue weighted by Gasteiger charge is -2.08. The molecule has 0 amide bonds. The Morgan fingerprint density at radius 1 is 1.78 bits per heavy atom. The number of hydrogen-bond donors (Lipinski definition) is 1. The predicted octanol–water partition coefficient (Wildman–Crippen LogP) is 0.730. The highest BCUT2D eigenvalue weighted by atomic mass is 35.5. The van der Waals surface area contributed by atoms with E-state index in [1.54, 1.807) is 0 Å². The number of hydrogen-bond acceptors (Lipinski definition) is 1. The van der Waals surface area contributed by atoms with Crippen molar-refractivity contribution in [3.05, 3.63) is 11.8 Å². The molecule has 0 aromatic heterocycles. The quantitative estimate of drug-likeness (QED) is 0.497. The summed E-state index contributed by atoms with van der Waals surface area (Å²) in [5.41, 5.74) is 1.12. The molecule has 0 aromatic carbocycles. The summed E-state index contributed by atoms with van der Waals surface area (Å²) in [5, 5.41) is 3.94. The molecule has 0 saturated carbocycles. The molecule has 1 rings (SSSR count). The van der Waals surface area contributed by atoms with Crippen molar-refractivity contribution in [1.29, 1.82) is 0 Å². The molecule has 1 heterocycles. The van der Waals surface area contributed by atoms with Crippen LogP contribution in [-0.4, -0.2) is 23.5 Å². The van der Waals surface area contributed by atoms with Crippen molar-refractivity contribution >= 4 is 16.8 Å². The standard InChI is InChI=1S/C6H9ClN2/c1-5-3-6(7)9(2)4-8-5/h3H,4H2,1-2H3/p+1. The van der Waals surface area contributed by atoms with Gasteiger partial charge in [-0.25, -0.2) is 4.58 Å². The largest absolute Gasteiger partial charge is 0.334 e. The highest BCUT2D eigenvalue weighted by Gasteiger charge is 2.09. The molecule has 1 aliphatic rings. The Bertz CT molecular complexity index is 181. The van der Waals surface area contributed by atoms with Gasteiger partial charge in [-0.15, -0.1) is 0 Å². The first kappa shape index (κ1) is 6.62. The van der Waals surface area contributed by atoms with Gasteiger partial charge in [-0.2, -0.15) is 0 Å². The Morgan fingerprint density at radius 3 is 2.89 bits per heavy atom. The third kappa shape index (κ3) is 1.45. The molecule has 0 unspecified atom stereocenters. The lowest BCUT2D eigenvalue weighted by molar-refractivity contribution is -0.500. The lowest BCUT2D eigenvalue weighted by Crippen LogP contribution is -2.29. The summed E-state index contributed by atoms with van der Waals surface area (Å²) in [5.74, 6) is 0. The van der Waals surface area contributed by atoms with Gasteiger partial charge in [0.05, 0.1) is 0 Å². The molecular weight excluding hydrogens is 136 g/mol. The second-order valence-corrected chi connectivity index (χ2v) is 2.57. The van der Waals surface area contributed by atoms with Gasteiger partial charge in [0.15, 0.2) is 0 Å². The fourth-order valence-corrected chi connectivity index (χ4v) is 0.882. The summed E-state index contributed by atoms with van der Waals surface area (Å²) in [6, 6.07) is 0. The summed E-state index contributed by atoms with van der Waals surface area (Å²) in [6.07, 6.45) is 1.91. The highest BCUT2D eigenvalue weighted by Crippen LogP contribution is 1.97. The van der Waals surface area contributed by atoms with Crippen LogP contribution in [0.1, 0.15) is 6.92 Å². The van der Waals surface area contributed by atoms with Crippen LogP contribution >= 0.6 is 11.6 Å². The van der Waals surface area contributed by atoms with Crippen LogP contribution in [0.15, 0.2) is 11.8 Å². The smallest absolute Gasteiger partial charge is 0.272 e. The van der Waals surface area contributed by atoms with Crippen LogP contribution in [0.25, 0.3) is 0 Å². The van der Waals surface area contributed by atoms with E-state index in [0.717, 1.165) is 17.5 Å². The minimum Gasteiger partial charge on any atom is -0.334 e. The Labute approximate surface area is 59.8 Å². The maximum Gasteiger partial charge on any atom is 0.272 e. The van der Waals surface area contributed by atoms with E-state index >= 15 is 0 Å². The van der Waals surface area contributed by atoms with Gasteiger partial charge in [-0.3, -0.25) is 0 Å². The molecule has 9 heavy (non-hydrogen) atoms. The fraction of sp³-hybridized carbons (Fsp3) is 0.500. The molecule has 0 fully saturated rings. The number of nitrogens with zero attached hydrogens (tertiary/aromatic N) is 1. The molecule has 0 bridgehead atoms. The third-order valence-corrected chi connectivity index (χ3v) is 1.69. The van der Waals surface area contributed by atoms with E-state index in [1.165, 1.54) is 0 Å². The first-order chi connectivity index (χ1) is 4.20. The molecule has 50 valence electrons. The molecule has 1 aliphatic heterocycles. The number of nitrogens with one attached hydrogen (secondary N) is 1. The summed E-state index contributed by atoms with van der Waals surface area (Å²) < 4.78 is 1.94. The summed E-state index contributed by atoms with van der Waals surface area (Å²) in [7, 11) is 1.94. The maximum atomic E-state index is 5.79. The normalized spacial score (nSPS) is 19.2. The number of allylic oxidation sites excluding steroid dienone is 2. The van der Waals surface area contributed by atoms with Crippen LogP contribution in [0.3, 0.4) is 0 Å². The van der Waals surface area contributed by atoms with E-state index in [1.807, 2.05) is 24.6 Å². The number of rotatable bonds is 0. The molecule has 0 aromatic rings. The molecule has 0 saturated heterocycles. The van der Waals surface area contributed by atoms with Gasteiger partial charge in [0, 0.05) is 11.8 Å². The zero-order valence-corrected chi connectivity index (χ0v) is 6.37. The molecule has 1 N–H and O–H groups in total. The Hall–Kier alpha value is -0.500. The number of halogens is 1. The highest BCUT2D eigenvalue weighted by molar-refractivity contribution is 6.66. The van der Waals surface area contributed by atoms with E-state index in [0.29, 0.717) is 0 Å². The van der Waals surface area contributed by atoms with Crippen molar-refractivity contribution in [2.24, 2.45) is 0 Å². The summed E-state index contributed by atoms with van der Waals surface area (Å²) in [6.45, 7) is 2.80. The van der Waals surface area contributed by atoms with Gasteiger partial charge in [0.1, 0.15) is 7.05 Å². The zero-order valence-electron chi connectivity index (χ0n) is 5.61. The molecule has 2 nitrogen and oxygen atoms in total. The second-order valence-electron chi connectivity index (χ2n) is 2.18. The van der Waals surface area contributed by atoms with E-state index in [2.05, 4.69) is 5.32 Å². The second kappa shape index (κ2) is 2.40. The lowest BCUT2D eigenvalue weighted by atomic mass is 10.4. The van der Waals surface area contributed by atoms with Gasteiger partial charge in [0.2, 0.25) is 6.67 Å². The first-order valence-electron chi connectivity index (χ1n) is 2.86. The molecule has 0 radical (unpaired) electrons. The molecule has 3 heteroatoms. The average Bonchev–Trinajstić information content (AvgIpc) is 1.80. The van der Waals surface area contributed by atoms with Gasteiger partial charge in [-0.05, 0) is 18.5 Å². The zero-order chi connectivity index (χ0) is 6.85. The Balaban J connectivity index is 2.83. The van der Waals surface area contributed by atoms with Crippen LogP contribution < -0.4 is 5.32 Å². The SMILES string of the molecule is CC1=CC(Cl)=[N+](C)CN1. The monoisotopic (exact) mass is 145 g/mol. The van der Waals surface area contributed by atoms with E-state index in [9.17, 15) is 0 Å². The van der Waals surface area contributed by atoms with Crippen LogP contribution in [0.5, 0.6) is 0 Å². The fourth-order valence-electron chi connectivity index (χ4n) is 0.659. The van der Waals surface area contributed by atoms with Crippen molar-refractivity contribution in [3.63, 3.8) is 0 Å². The molecule has 0 aliphatic carbocycles. The Kier molecular flexibility index (Phi) is 1.76. The van der Waals surface area contributed by atoms with Crippen molar-refractivity contribution in [2.45, 2.75) is 6.92 Å². The molecule has 0 atom stereocenters. The van der Waals surface area contributed by atoms with E-state index in [-0.39, 0.29) is 0 Å². The van der Waals surface area contributed by atoms with Crippen molar-refractivity contribution < 1.29 is 4.58 Å².